The highest BCUT2D eigenvalue weighted by Gasteiger charge is 2.10. The van der Waals surface area contributed by atoms with Gasteiger partial charge >= 0.3 is 0 Å². The highest BCUT2D eigenvalue weighted by molar-refractivity contribution is 9.10. The molecule has 0 aliphatic carbocycles. The summed E-state index contributed by atoms with van der Waals surface area (Å²) < 4.78 is 29.6. The summed E-state index contributed by atoms with van der Waals surface area (Å²) >= 11 is 3.43. The normalized spacial score (nSPS) is 13.0. The van der Waals surface area contributed by atoms with Crippen molar-refractivity contribution in [2.75, 3.05) is 6.26 Å². The molecule has 6 heteroatoms. The van der Waals surface area contributed by atoms with Crippen LogP contribution < -0.4 is 10.5 Å². The van der Waals surface area contributed by atoms with E-state index in [0.717, 1.165) is 10.0 Å². The molecule has 4 nitrogen and oxygen atoms in total. The maximum atomic E-state index is 11.5. The maximum Gasteiger partial charge on any atom is 0.175 e. The van der Waals surface area contributed by atoms with Crippen LogP contribution in [0.25, 0.3) is 0 Å². The summed E-state index contributed by atoms with van der Waals surface area (Å²) in [4.78, 5) is 0.225. The molecule has 0 aromatic heterocycles. The molecule has 0 heterocycles. The third-order valence-corrected chi connectivity index (χ3v) is 4.67. The first-order valence-electron chi connectivity index (χ1n) is 6.30. The summed E-state index contributed by atoms with van der Waals surface area (Å²) in [5, 5.41) is 0. The quantitative estimate of drug-likeness (QED) is 0.892. The predicted octanol–water partition coefficient (Wildman–Crippen LogP) is 3.66. The van der Waals surface area contributed by atoms with Crippen molar-refractivity contribution >= 4 is 25.8 Å². The number of hydrogen-bond acceptors (Lipinski definition) is 4. The van der Waals surface area contributed by atoms with E-state index in [-0.39, 0.29) is 10.9 Å². The number of rotatable bonds is 4. The highest BCUT2D eigenvalue weighted by Crippen LogP contribution is 2.32. The Balaban J connectivity index is 2.31. The van der Waals surface area contributed by atoms with E-state index in [2.05, 4.69) is 15.9 Å². The Hall–Kier alpha value is -1.37. The fourth-order valence-electron chi connectivity index (χ4n) is 1.78. The van der Waals surface area contributed by atoms with Gasteiger partial charge in [-0.2, -0.15) is 0 Å². The first-order valence-corrected chi connectivity index (χ1v) is 8.99. The van der Waals surface area contributed by atoms with Crippen molar-refractivity contribution in [2.45, 2.75) is 17.9 Å². The van der Waals surface area contributed by atoms with Gasteiger partial charge in [-0.3, -0.25) is 0 Å². The Morgan fingerprint density at radius 1 is 1.19 bits per heavy atom. The Morgan fingerprint density at radius 2 is 1.90 bits per heavy atom. The van der Waals surface area contributed by atoms with E-state index >= 15 is 0 Å². The topological polar surface area (TPSA) is 69.4 Å². The van der Waals surface area contributed by atoms with Gasteiger partial charge in [0.15, 0.2) is 9.84 Å². The molecule has 1 unspecified atom stereocenters. The summed E-state index contributed by atoms with van der Waals surface area (Å²) in [6.07, 6.45) is 1.17. The van der Waals surface area contributed by atoms with E-state index in [1.54, 1.807) is 18.2 Å². The van der Waals surface area contributed by atoms with Gasteiger partial charge in [0.05, 0.1) is 9.37 Å². The second-order valence-electron chi connectivity index (χ2n) is 4.83. The van der Waals surface area contributed by atoms with E-state index in [9.17, 15) is 8.42 Å². The van der Waals surface area contributed by atoms with Crippen LogP contribution in [0, 0.1) is 0 Å². The summed E-state index contributed by atoms with van der Waals surface area (Å²) in [6, 6.07) is 11.9. The Bertz CT molecular complexity index is 757. The van der Waals surface area contributed by atoms with Gasteiger partial charge in [-0.15, -0.1) is 0 Å². The number of halogens is 1. The number of sulfone groups is 1. The molecule has 0 bridgehead atoms. The first kappa shape index (κ1) is 16.0. The zero-order chi connectivity index (χ0) is 15.6. The molecule has 0 amide bonds. The van der Waals surface area contributed by atoms with Crippen LogP contribution in [-0.2, 0) is 9.84 Å². The summed E-state index contributed by atoms with van der Waals surface area (Å²) in [6.45, 7) is 1.90. The van der Waals surface area contributed by atoms with Crippen molar-refractivity contribution in [3.05, 3.63) is 52.5 Å². The average molecular weight is 370 g/mol. The van der Waals surface area contributed by atoms with Crippen molar-refractivity contribution in [3.8, 4) is 11.5 Å². The van der Waals surface area contributed by atoms with Crippen molar-refractivity contribution in [2.24, 2.45) is 5.73 Å². The van der Waals surface area contributed by atoms with Gasteiger partial charge < -0.3 is 10.5 Å². The lowest BCUT2D eigenvalue weighted by Gasteiger charge is -2.11. The lowest BCUT2D eigenvalue weighted by Crippen LogP contribution is -2.04. The molecule has 112 valence electrons. The smallest absolute Gasteiger partial charge is 0.175 e. The van der Waals surface area contributed by atoms with Crippen LogP contribution in [0.2, 0.25) is 0 Å². The minimum absolute atomic E-state index is 0.0658. The van der Waals surface area contributed by atoms with Crippen molar-refractivity contribution in [1.82, 2.24) is 0 Å². The van der Waals surface area contributed by atoms with Crippen LogP contribution in [0.3, 0.4) is 0 Å². The molecule has 0 radical (unpaired) electrons. The molecule has 0 saturated heterocycles. The zero-order valence-corrected chi connectivity index (χ0v) is 14.1. The van der Waals surface area contributed by atoms with Gasteiger partial charge in [-0.1, -0.05) is 12.1 Å². The van der Waals surface area contributed by atoms with E-state index in [0.29, 0.717) is 11.5 Å². The van der Waals surface area contributed by atoms with Crippen LogP contribution >= 0.6 is 15.9 Å². The van der Waals surface area contributed by atoms with Gasteiger partial charge in [-0.25, -0.2) is 8.42 Å². The molecule has 21 heavy (non-hydrogen) atoms. The highest BCUT2D eigenvalue weighted by atomic mass is 79.9. The Labute approximate surface area is 133 Å². The van der Waals surface area contributed by atoms with Crippen molar-refractivity contribution in [1.29, 1.82) is 0 Å². The number of benzene rings is 2. The van der Waals surface area contributed by atoms with Crippen molar-refractivity contribution in [3.63, 3.8) is 0 Å². The standard InChI is InChI=1S/C15H16BrNO3S/c1-10(17)11-6-7-15(14(16)8-11)20-12-4-3-5-13(9-12)21(2,18)19/h3-10H,17H2,1-2H3. The van der Waals surface area contributed by atoms with Gasteiger partial charge in [0, 0.05) is 12.3 Å². The molecule has 1 atom stereocenters. The van der Waals surface area contributed by atoms with Gasteiger partial charge in [0.25, 0.3) is 0 Å². The average Bonchev–Trinajstić information content (AvgIpc) is 2.40. The lowest BCUT2D eigenvalue weighted by molar-refractivity contribution is 0.477. The molecule has 0 aliphatic heterocycles. The molecule has 0 saturated carbocycles. The van der Waals surface area contributed by atoms with Crippen LogP contribution in [0.1, 0.15) is 18.5 Å². The molecular formula is C15H16BrNO3S. The third-order valence-electron chi connectivity index (χ3n) is 2.94. The van der Waals surface area contributed by atoms with Crippen LogP contribution in [0.15, 0.2) is 51.8 Å². The maximum absolute atomic E-state index is 11.5. The lowest BCUT2D eigenvalue weighted by atomic mass is 10.1. The van der Waals surface area contributed by atoms with E-state index in [4.69, 9.17) is 10.5 Å². The number of ether oxygens (including phenoxy) is 1. The first-order chi connectivity index (χ1) is 9.77. The molecule has 0 fully saturated rings. The van der Waals surface area contributed by atoms with Crippen LogP contribution in [0.5, 0.6) is 11.5 Å². The molecule has 0 spiro atoms. The second-order valence-corrected chi connectivity index (χ2v) is 7.70. The summed E-state index contributed by atoms with van der Waals surface area (Å²) in [7, 11) is -3.25. The summed E-state index contributed by atoms with van der Waals surface area (Å²) in [5.74, 6) is 1.07. The SMILES string of the molecule is CC(N)c1ccc(Oc2cccc(S(C)(=O)=O)c2)c(Br)c1. The zero-order valence-electron chi connectivity index (χ0n) is 11.7. The number of nitrogens with two attached hydrogens (primary N) is 1. The molecule has 2 N–H and O–H groups in total. The van der Waals surface area contributed by atoms with E-state index in [1.807, 2.05) is 19.1 Å². The minimum Gasteiger partial charge on any atom is -0.456 e. The molecule has 0 aliphatic rings. The largest absolute Gasteiger partial charge is 0.456 e. The second kappa shape index (κ2) is 6.17. The van der Waals surface area contributed by atoms with E-state index in [1.165, 1.54) is 18.4 Å². The minimum atomic E-state index is -3.25. The van der Waals surface area contributed by atoms with E-state index < -0.39 is 9.84 Å². The fourth-order valence-corrected chi connectivity index (χ4v) is 2.91. The van der Waals surface area contributed by atoms with Gasteiger partial charge in [0.2, 0.25) is 0 Å². The third kappa shape index (κ3) is 4.06. The van der Waals surface area contributed by atoms with Crippen LogP contribution in [-0.4, -0.2) is 14.7 Å². The van der Waals surface area contributed by atoms with Gasteiger partial charge in [-0.05, 0) is 58.7 Å². The molecule has 2 aromatic rings. The predicted molar refractivity (Wildman–Crippen MR) is 86.4 cm³/mol. The molecular weight excluding hydrogens is 354 g/mol. The van der Waals surface area contributed by atoms with Crippen LogP contribution in [0.4, 0.5) is 0 Å². The monoisotopic (exact) mass is 369 g/mol. The number of hydrogen-bond donors (Lipinski definition) is 1. The Morgan fingerprint density at radius 3 is 2.48 bits per heavy atom. The Kier molecular flexibility index (Phi) is 4.70. The molecule has 2 rings (SSSR count). The fraction of sp³-hybridized carbons (Fsp3) is 0.200. The van der Waals surface area contributed by atoms with Crippen molar-refractivity contribution < 1.29 is 13.2 Å². The van der Waals surface area contributed by atoms with Gasteiger partial charge in [0.1, 0.15) is 11.5 Å². The summed E-state index contributed by atoms with van der Waals surface area (Å²) in [5.41, 5.74) is 6.81. The molecule has 2 aromatic carbocycles.